The Hall–Kier alpha value is -3.00. The fourth-order valence-electron chi connectivity index (χ4n) is 4.05. The van der Waals surface area contributed by atoms with Crippen LogP contribution in [0.25, 0.3) is 11.0 Å². The maximum Gasteiger partial charge on any atom is 0.240 e. The van der Waals surface area contributed by atoms with E-state index in [0.717, 1.165) is 25.7 Å². The molecule has 2 heterocycles. The lowest BCUT2D eigenvalue weighted by Gasteiger charge is -2.23. The number of nitrogens with one attached hydrogen (secondary N) is 1. The van der Waals surface area contributed by atoms with Crippen molar-refractivity contribution in [3.05, 3.63) is 64.6 Å². The molecule has 0 radical (unpaired) electrons. The molecule has 1 aliphatic rings. The molecule has 1 N–H and O–H groups in total. The van der Waals surface area contributed by atoms with Crippen molar-refractivity contribution in [1.29, 1.82) is 0 Å². The van der Waals surface area contributed by atoms with E-state index in [4.69, 9.17) is 0 Å². The van der Waals surface area contributed by atoms with Crippen molar-refractivity contribution in [2.45, 2.75) is 61.4 Å². The minimum atomic E-state index is -4.05. The topological polar surface area (TPSA) is 98.1 Å². The number of fused-ring (bicyclic) bond motifs is 1. The van der Waals surface area contributed by atoms with Gasteiger partial charge in [0, 0.05) is 17.9 Å². The van der Waals surface area contributed by atoms with Gasteiger partial charge in [0.2, 0.25) is 21.2 Å². The lowest BCUT2D eigenvalue weighted by Crippen LogP contribution is -2.38. The number of sulfone groups is 1. The summed E-state index contributed by atoms with van der Waals surface area (Å²) in [6.07, 6.45) is 6.50. The molecule has 0 aliphatic heterocycles. The van der Waals surface area contributed by atoms with Gasteiger partial charge in [-0.1, -0.05) is 37.5 Å². The average Bonchev–Trinajstić information content (AvgIpc) is 2.76. The maximum atomic E-state index is 13.2. The van der Waals surface area contributed by atoms with Gasteiger partial charge in [-0.25, -0.2) is 13.4 Å². The summed E-state index contributed by atoms with van der Waals surface area (Å²) >= 11 is 0. The summed E-state index contributed by atoms with van der Waals surface area (Å²) in [5.74, 6) is -0.219. The van der Waals surface area contributed by atoms with Crippen LogP contribution in [0.4, 0.5) is 0 Å². The molecule has 162 valence electrons. The maximum absolute atomic E-state index is 13.2. The van der Waals surface area contributed by atoms with E-state index in [0.29, 0.717) is 11.3 Å². The van der Waals surface area contributed by atoms with Crippen molar-refractivity contribution in [3.63, 3.8) is 0 Å². The molecule has 1 aliphatic carbocycles. The molecular weight excluding hydrogens is 414 g/mol. The minimum absolute atomic E-state index is 0.0322. The van der Waals surface area contributed by atoms with E-state index in [1.807, 2.05) is 0 Å². The first kappa shape index (κ1) is 21.2. The Morgan fingerprint density at radius 3 is 2.52 bits per heavy atom. The average molecular weight is 440 g/mol. The highest BCUT2D eigenvalue weighted by Gasteiger charge is 2.25. The molecule has 1 aromatic carbocycles. The number of aromatic nitrogens is 2. The Kier molecular flexibility index (Phi) is 5.91. The number of carbonyl (C=O) groups is 1. The quantitative estimate of drug-likeness (QED) is 0.659. The van der Waals surface area contributed by atoms with Gasteiger partial charge in [0.15, 0.2) is 0 Å². The summed E-state index contributed by atoms with van der Waals surface area (Å²) in [5, 5.41) is 3.21. The number of nitrogens with zero attached hydrogens (tertiary/aromatic N) is 2. The number of rotatable bonds is 5. The van der Waals surface area contributed by atoms with E-state index in [1.54, 1.807) is 37.3 Å². The number of pyridine rings is 2. The zero-order chi connectivity index (χ0) is 22.0. The van der Waals surface area contributed by atoms with Crippen molar-refractivity contribution in [1.82, 2.24) is 14.9 Å². The fourth-order valence-corrected chi connectivity index (χ4v) is 5.44. The Balaban J connectivity index is 1.78. The van der Waals surface area contributed by atoms with Gasteiger partial charge in [0.1, 0.15) is 17.1 Å². The van der Waals surface area contributed by atoms with E-state index in [-0.39, 0.29) is 33.7 Å². The molecular formula is C23H25N3O4S. The third kappa shape index (κ3) is 4.39. The second-order valence-corrected chi connectivity index (χ2v) is 9.91. The highest BCUT2D eigenvalue weighted by atomic mass is 32.2. The van der Waals surface area contributed by atoms with Crippen molar-refractivity contribution >= 4 is 26.8 Å². The second kappa shape index (κ2) is 8.63. The number of carbonyl (C=O) groups excluding carboxylic acids is 1. The number of aryl methyl sites for hydroxylation is 1. The lowest BCUT2D eigenvalue weighted by atomic mass is 9.95. The number of hydrogen-bond donors (Lipinski definition) is 1. The molecule has 0 unspecified atom stereocenters. The van der Waals surface area contributed by atoms with Gasteiger partial charge in [0.25, 0.3) is 0 Å². The summed E-state index contributed by atoms with van der Waals surface area (Å²) in [5.41, 5.74) is 0.359. The Bertz CT molecular complexity index is 1280. The molecule has 0 spiro atoms. The molecule has 8 heteroatoms. The van der Waals surface area contributed by atoms with Crippen LogP contribution in [0.3, 0.4) is 0 Å². The molecule has 7 nitrogen and oxygen atoms in total. The third-order valence-electron chi connectivity index (χ3n) is 5.66. The highest BCUT2D eigenvalue weighted by molar-refractivity contribution is 7.91. The largest absolute Gasteiger partial charge is 0.352 e. The Labute approximate surface area is 181 Å². The van der Waals surface area contributed by atoms with Crippen LogP contribution >= 0.6 is 0 Å². The number of benzene rings is 1. The predicted octanol–water partition coefficient (Wildman–Crippen LogP) is 2.99. The molecule has 1 fully saturated rings. The van der Waals surface area contributed by atoms with Gasteiger partial charge in [-0.3, -0.25) is 9.59 Å². The molecule has 1 amide bonds. The highest BCUT2D eigenvalue weighted by Crippen LogP contribution is 2.21. The van der Waals surface area contributed by atoms with Gasteiger partial charge < -0.3 is 9.88 Å². The van der Waals surface area contributed by atoms with E-state index in [1.165, 1.54) is 29.3 Å². The van der Waals surface area contributed by atoms with Crippen molar-refractivity contribution in [3.8, 4) is 0 Å². The zero-order valence-corrected chi connectivity index (χ0v) is 18.2. The van der Waals surface area contributed by atoms with E-state index < -0.39 is 15.3 Å². The van der Waals surface area contributed by atoms with Gasteiger partial charge in [-0.2, -0.15) is 0 Å². The fraction of sp³-hybridized carbons (Fsp3) is 0.348. The zero-order valence-electron chi connectivity index (χ0n) is 17.4. The molecule has 3 aromatic rings. The Morgan fingerprint density at radius 2 is 1.81 bits per heavy atom. The van der Waals surface area contributed by atoms with E-state index >= 15 is 0 Å². The molecule has 2 aromatic heterocycles. The van der Waals surface area contributed by atoms with Crippen LogP contribution in [-0.4, -0.2) is 29.9 Å². The summed E-state index contributed by atoms with van der Waals surface area (Å²) in [6.45, 7) is 1.67. The smallest absolute Gasteiger partial charge is 0.240 e. The third-order valence-corrected chi connectivity index (χ3v) is 7.42. The predicted molar refractivity (Wildman–Crippen MR) is 118 cm³/mol. The first-order valence-electron chi connectivity index (χ1n) is 10.5. The first-order valence-corrected chi connectivity index (χ1v) is 11.9. The van der Waals surface area contributed by atoms with Gasteiger partial charge in [-0.05, 0) is 44.0 Å². The van der Waals surface area contributed by atoms with Crippen LogP contribution < -0.4 is 10.7 Å². The molecule has 0 saturated heterocycles. The van der Waals surface area contributed by atoms with Crippen molar-refractivity contribution in [2.24, 2.45) is 0 Å². The van der Waals surface area contributed by atoms with Crippen molar-refractivity contribution in [2.75, 3.05) is 0 Å². The summed E-state index contributed by atoms with van der Waals surface area (Å²) in [6, 6.07) is 11.2. The van der Waals surface area contributed by atoms with Gasteiger partial charge in [-0.15, -0.1) is 0 Å². The van der Waals surface area contributed by atoms with Crippen LogP contribution in [0, 0.1) is 6.92 Å². The van der Waals surface area contributed by atoms with Crippen LogP contribution in [0.2, 0.25) is 0 Å². The molecule has 1 saturated carbocycles. The summed E-state index contributed by atoms with van der Waals surface area (Å²) < 4.78 is 27.8. The standard InChI is InChI=1S/C23H25N3O4S/c1-16-12-13-19-22(28)20(31(29,30)18-10-6-3-7-11-18)14-26(23(19)24-16)15-21(27)25-17-8-4-2-5-9-17/h3,6-7,10-14,17H,2,4-5,8-9,15H2,1H3,(H,25,27). The number of hydrogen-bond acceptors (Lipinski definition) is 5. The molecule has 0 atom stereocenters. The van der Waals surface area contributed by atoms with Gasteiger partial charge >= 0.3 is 0 Å². The van der Waals surface area contributed by atoms with Crippen molar-refractivity contribution < 1.29 is 13.2 Å². The van der Waals surface area contributed by atoms with Gasteiger partial charge in [0.05, 0.1) is 10.3 Å². The summed E-state index contributed by atoms with van der Waals surface area (Å²) in [7, 11) is -4.05. The Morgan fingerprint density at radius 1 is 1.10 bits per heavy atom. The van der Waals surface area contributed by atoms with E-state index in [2.05, 4.69) is 10.3 Å². The number of amides is 1. The second-order valence-electron chi connectivity index (χ2n) is 7.99. The van der Waals surface area contributed by atoms with Crippen LogP contribution in [0.15, 0.2) is 63.2 Å². The molecule has 4 rings (SSSR count). The lowest BCUT2D eigenvalue weighted by molar-refractivity contribution is -0.122. The monoisotopic (exact) mass is 439 g/mol. The molecule has 31 heavy (non-hydrogen) atoms. The first-order chi connectivity index (χ1) is 14.9. The van der Waals surface area contributed by atoms with E-state index in [9.17, 15) is 18.0 Å². The SMILES string of the molecule is Cc1ccc2c(=O)c(S(=O)(=O)c3ccccc3)cn(CC(=O)NC3CCCCC3)c2n1. The minimum Gasteiger partial charge on any atom is -0.352 e. The molecule has 0 bridgehead atoms. The summed E-state index contributed by atoms with van der Waals surface area (Å²) in [4.78, 5) is 29.9. The van der Waals surface area contributed by atoms with Crippen LogP contribution in [0.5, 0.6) is 0 Å². The normalized spacial score (nSPS) is 15.1. The van der Waals surface area contributed by atoms with Crippen LogP contribution in [0.1, 0.15) is 37.8 Å². The van der Waals surface area contributed by atoms with Crippen LogP contribution in [-0.2, 0) is 21.2 Å².